The van der Waals surface area contributed by atoms with Crippen LogP contribution in [0.2, 0.25) is 0 Å². The zero-order valence-corrected chi connectivity index (χ0v) is 8.30. The predicted octanol–water partition coefficient (Wildman–Crippen LogP) is 2.96. The second-order valence-corrected chi connectivity index (χ2v) is 7.02. The maximum Gasteiger partial charge on any atom is 0.0362 e. The van der Waals surface area contributed by atoms with Crippen LogP contribution in [0.5, 0.6) is 0 Å². The molecule has 8 heavy (non-hydrogen) atoms. The Morgan fingerprint density at radius 2 is 1.62 bits per heavy atom. The van der Waals surface area contributed by atoms with Gasteiger partial charge in [0.1, 0.15) is 0 Å². The van der Waals surface area contributed by atoms with E-state index in [1.54, 1.807) is 0 Å². The van der Waals surface area contributed by atoms with Crippen molar-refractivity contribution in [1.82, 2.24) is 0 Å². The molecule has 0 amide bonds. The van der Waals surface area contributed by atoms with Crippen LogP contribution in [-0.4, -0.2) is 3.16 Å². The Kier molecular flexibility index (Phi) is 2.57. The minimum atomic E-state index is 0.565. The topological polar surface area (TPSA) is 0 Å². The van der Waals surface area contributed by atoms with Gasteiger partial charge in [-0.15, -0.1) is 9.24 Å². The lowest BCUT2D eigenvalue weighted by Gasteiger charge is -2.26. The fourth-order valence-electron chi connectivity index (χ4n) is 1.14. The molecule has 0 N–H and O–H groups in total. The minimum Gasteiger partial charge on any atom is -0.121 e. The van der Waals surface area contributed by atoms with E-state index < -0.39 is 0 Å². The van der Waals surface area contributed by atoms with Crippen molar-refractivity contribution in [2.75, 3.05) is 0 Å². The van der Waals surface area contributed by atoms with Crippen molar-refractivity contribution in [3.05, 3.63) is 0 Å². The lowest BCUT2D eigenvalue weighted by Crippen LogP contribution is -2.14. The van der Waals surface area contributed by atoms with Crippen molar-refractivity contribution < 1.29 is 0 Å². The molecule has 1 aliphatic carbocycles. The van der Waals surface area contributed by atoms with Crippen LogP contribution in [-0.2, 0) is 0 Å². The monoisotopic (exact) mass is 242 g/mol. The Morgan fingerprint density at radius 3 is 1.88 bits per heavy atom. The van der Waals surface area contributed by atoms with Gasteiger partial charge in [-0.3, -0.25) is 0 Å². The van der Waals surface area contributed by atoms with Gasteiger partial charge in [0.25, 0.3) is 0 Å². The molecule has 1 saturated carbocycles. The maximum absolute atomic E-state index is 2.95. The first kappa shape index (κ1) is 7.27. The van der Waals surface area contributed by atoms with Gasteiger partial charge in [-0.05, 0) is 12.8 Å². The molecule has 0 radical (unpaired) electrons. The Bertz CT molecular complexity index is 72.6. The van der Waals surface area contributed by atoms with Gasteiger partial charge in [-0.1, -0.05) is 41.9 Å². The van der Waals surface area contributed by atoms with Crippen molar-refractivity contribution in [3.63, 3.8) is 0 Å². The normalized spacial score (nSPS) is 27.8. The van der Waals surface area contributed by atoms with Gasteiger partial charge in [0.05, 0.1) is 0 Å². The van der Waals surface area contributed by atoms with Gasteiger partial charge in [0, 0.05) is 3.16 Å². The lowest BCUT2D eigenvalue weighted by molar-refractivity contribution is 0.504. The van der Waals surface area contributed by atoms with Crippen molar-refractivity contribution in [1.29, 1.82) is 0 Å². The zero-order valence-electron chi connectivity index (χ0n) is 4.99. The molecule has 48 valence electrons. The van der Waals surface area contributed by atoms with E-state index >= 15 is 0 Å². The second kappa shape index (κ2) is 2.83. The molecule has 1 fully saturated rings. The molecule has 0 spiro atoms. The molecular weight excluding hydrogens is 230 g/mol. The van der Waals surface area contributed by atoms with Crippen molar-refractivity contribution in [3.8, 4) is 0 Å². The average molecular weight is 242 g/mol. The van der Waals surface area contributed by atoms with Gasteiger partial charge in [0.15, 0.2) is 0 Å². The summed E-state index contributed by atoms with van der Waals surface area (Å²) in [6.45, 7) is 0. The lowest BCUT2D eigenvalue weighted by atomic mass is 10.0. The third-order valence-corrected chi connectivity index (χ3v) is 3.34. The van der Waals surface area contributed by atoms with E-state index in [0.717, 1.165) is 0 Å². The Hall–Kier alpha value is 1.16. The molecule has 1 aliphatic rings. The molecule has 0 nitrogen and oxygen atoms in total. The molecule has 0 bridgehead atoms. The second-order valence-electron chi connectivity index (χ2n) is 2.60. The van der Waals surface area contributed by atoms with Crippen LogP contribution >= 0.6 is 31.8 Å². The number of alkyl halides is 1. The molecule has 1 unspecified atom stereocenters. The third kappa shape index (κ3) is 2.18. The van der Waals surface area contributed by atoms with Gasteiger partial charge in [0.2, 0.25) is 0 Å². The molecule has 2 heteroatoms. The number of halogens is 1. The summed E-state index contributed by atoms with van der Waals surface area (Å²) in [7, 11) is 2.95. The summed E-state index contributed by atoms with van der Waals surface area (Å²) in [4.78, 5) is 0. The quantitative estimate of drug-likeness (QED) is 0.348. The first-order valence-electron chi connectivity index (χ1n) is 3.18. The average Bonchev–Trinajstić information content (AvgIpc) is 1.65. The van der Waals surface area contributed by atoms with Crippen LogP contribution in [0.4, 0.5) is 0 Å². The van der Waals surface area contributed by atoms with E-state index in [4.69, 9.17) is 0 Å². The smallest absolute Gasteiger partial charge is 0.0362 e. The largest absolute Gasteiger partial charge is 0.121 e. The highest BCUT2D eigenvalue weighted by Crippen LogP contribution is 2.41. The molecule has 0 aromatic rings. The van der Waals surface area contributed by atoms with Gasteiger partial charge < -0.3 is 0 Å². The number of rotatable bonds is 0. The maximum atomic E-state index is 2.95. The van der Waals surface area contributed by atoms with Crippen LogP contribution in [0.3, 0.4) is 0 Å². The standard InChI is InChI=1S/C6H12IP/c7-6(8)4-2-1-3-5-6/h1-5,8H2. The fourth-order valence-corrected chi connectivity index (χ4v) is 2.31. The van der Waals surface area contributed by atoms with Crippen LogP contribution in [0.1, 0.15) is 32.1 Å². The molecular formula is C6H12IP. The first-order valence-corrected chi connectivity index (χ1v) is 4.84. The Balaban J connectivity index is 2.33. The van der Waals surface area contributed by atoms with Gasteiger partial charge in [-0.2, -0.15) is 0 Å². The summed E-state index contributed by atoms with van der Waals surface area (Å²) >= 11 is 2.55. The molecule has 0 aromatic carbocycles. The highest BCUT2D eigenvalue weighted by molar-refractivity contribution is 14.1. The fraction of sp³-hybridized carbons (Fsp3) is 1.00. The van der Waals surface area contributed by atoms with Crippen LogP contribution in [0.25, 0.3) is 0 Å². The summed E-state index contributed by atoms with van der Waals surface area (Å²) in [5.41, 5.74) is 0. The molecule has 1 rings (SSSR count). The molecule has 1 atom stereocenters. The van der Waals surface area contributed by atoms with Crippen LogP contribution in [0.15, 0.2) is 0 Å². The molecule has 0 aliphatic heterocycles. The van der Waals surface area contributed by atoms with Crippen molar-refractivity contribution >= 4 is 31.8 Å². The molecule has 0 heterocycles. The third-order valence-electron chi connectivity index (χ3n) is 1.68. The predicted molar refractivity (Wildman–Crippen MR) is 49.5 cm³/mol. The van der Waals surface area contributed by atoms with E-state index in [1.165, 1.54) is 32.1 Å². The van der Waals surface area contributed by atoms with E-state index in [9.17, 15) is 0 Å². The SMILES string of the molecule is PC1(I)CCCCC1. The van der Waals surface area contributed by atoms with E-state index in [2.05, 4.69) is 31.8 Å². The van der Waals surface area contributed by atoms with E-state index in [0.29, 0.717) is 3.16 Å². The molecule has 0 saturated heterocycles. The number of hydrogen-bond donors (Lipinski definition) is 0. The zero-order chi connectivity index (χ0) is 6.04. The summed E-state index contributed by atoms with van der Waals surface area (Å²) < 4.78 is 0.565. The summed E-state index contributed by atoms with van der Waals surface area (Å²) in [5, 5.41) is 0. The summed E-state index contributed by atoms with van der Waals surface area (Å²) in [5.74, 6) is 0. The summed E-state index contributed by atoms with van der Waals surface area (Å²) in [6, 6.07) is 0. The van der Waals surface area contributed by atoms with E-state index in [1.807, 2.05) is 0 Å². The minimum absolute atomic E-state index is 0.565. The highest BCUT2D eigenvalue weighted by atomic mass is 127. The van der Waals surface area contributed by atoms with E-state index in [-0.39, 0.29) is 0 Å². The summed E-state index contributed by atoms with van der Waals surface area (Å²) in [6.07, 6.45) is 7.13. The van der Waals surface area contributed by atoms with Crippen molar-refractivity contribution in [2.24, 2.45) is 0 Å². The van der Waals surface area contributed by atoms with Gasteiger partial charge >= 0.3 is 0 Å². The van der Waals surface area contributed by atoms with Crippen LogP contribution in [0, 0.1) is 0 Å². The Labute approximate surface area is 67.1 Å². The van der Waals surface area contributed by atoms with Crippen molar-refractivity contribution in [2.45, 2.75) is 35.3 Å². The van der Waals surface area contributed by atoms with Gasteiger partial charge in [-0.25, -0.2) is 0 Å². The first-order chi connectivity index (χ1) is 3.71. The Morgan fingerprint density at radius 1 is 1.12 bits per heavy atom. The number of hydrogen-bond acceptors (Lipinski definition) is 0. The molecule has 0 aromatic heterocycles. The highest BCUT2D eigenvalue weighted by Gasteiger charge is 2.22. The van der Waals surface area contributed by atoms with Crippen LogP contribution < -0.4 is 0 Å².